The summed E-state index contributed by atoms with van der Waals surface area (Å²) in [5.74, 6) is 0.736. The Morgan fingerprint density at radius 2 is 1.86 bits per heavy atom. The predicted octanol–water partition coefficient (Wildman–Crippen LogP) is 3.36. The van der Waals surface area contributed by atoms with E-state index in [4.69, 9.17) is 0 Å². The molecule has 0 aliphatic carbocycles. The number of amides is 2. The maximum Gasteiger partial charge on any atom is 0.254 e. The van der Waals surface area contributed by atoms with E-state index in [9.17, 15) is 9.59 Å². The third-order valence-electron chi connectivity index (χ3n) is 6.48. The number of rotatable bonds is 3. The van der Waals surface area contributed by atoms with Crippen LogP contribution < -0.4 is 5.32 Å². The van der Waals surface area contributed by atoms with Crippen LogP contribution >= 0.6 is 0 Å². The lowest BCUT2D eigenvalue weighted by molar-refractivity contribution is -0.114. The van der Waals surface area contributed by atoms with E-state index >= 15 is 0 Å². The fourth-order valence-electron chi connectivity index (χ4n) is 5.04. The Bertz CT molecular complexity index is 947. The zero-order valence-corrected chi connectivity index (χ0v) is 16.1. The number of nitrogens with one attached hydrogen (secondary N) is 1. The summed E-state index contributed by atoms with van der Waals surface area (Å²) in [6.07, 6.45) is 2.43. The minimum absolute atomic E-state index is 0.0885. The Labute approximate surface area is 165 Å². The minimum Gasteiger partial charge on any atom is -0.330 e. The molecule has 3 fully saturated rings. The van der Waals surface area contributed by atoms with Gasteiger partial charge in [0.2, 0.25) is 5.91 Å². The van der Waals surface area contributed by atoms with Gasteiger partial charge < -0.3 is 15.1 Å². The Balaban J connectivity index is 1.41. The summed E-state index contributed by atoms with van der Waals surface area (Å²) in [6.45, 7) is 5.63. The molecule has 3 saturated heterocycles. The fraction of sp³-hybridized carbons (Fsp3) is 0.391. The average molecular weight is 375 g/mol. The van der Waals surface area contributed by atoms with E-state index in [2.05, 4.69) is 27.2 Å². The smallest absolute Gasteiger partial charge is 0.254 e. The molecule has 2 bridgehead atoms. The van der Waals surface area contributed by atoms with E-state index in [1.54, 1.807) is 0 Å². The van der Waals surface area contributed by atoms with Crippen molar-refractivity contribution in [2.45, 2.75) is 32.4 Å². The Hall–Kier alpha value is -2.66. The number of piperidine rings is 3. The van der Waals surface area contributed by atoms with E-state index in [1.807, 2.05) is 30.3 Å². The van der Waals surface area contributed by atoms with Gasteiger partial charge in [-0.05, 0) is 66.7 Å². The van der Waals surface area contributed by atoms with Crippen molar-refractivity contribution in [3.05, 3.63) is 53.6 Å². The highest BCUT2D eigenvalue weighted by atomic mass is 16.2. The summed E-state index contributed by atoms with van der Waals surface area (Å²) in [4.78, 5) is 29.2. The third kappa shape index (κ3) is 3.00. The van der Waals surface area contributed by atoms with E-state index in [1.165, 1.54) is 32.9 Å². The van der Waals surface area contributed by atoms with Crippen LogP contribution in [0.5, 0.6) is 0 Å². The lowest BCUT2D eigenvalue weighted by Gasteiger charge is -2.48. The number of benzene rings is 2. The quantitative estimate of drug-likeness (QED) is 0.895. The third-order valence-corrected chi connectivity index (χ3v) is 6.48. The summed E-state index contributed by atoms with van der Waals surface area (Å²) in [5.41, 5.74) is 4.74. The molecule has 144 valence electrons. The highest BCUT2D eigenvalue weighted by Gasteiger charge is 2.42. The van der Waals surface area contributed by atoms with Crippen LogP contribution in [-0.4, -0.2) is 47.3 Å². The van der Waals surface area contributed by atoms with E-state index in [0.717, 1.165) is 41.0 Å². The maximum absolute atomic E-state index is 13.2. The summed E-state index contributed by atoms with van der Waals surface area (Å²) in [5, 5.41) is 2.82. The molecular formula is C23H25N3O2. The second-order valence-electron chi connectivity index (χ2n) is 8.27. The van der Waals surface area contributed by atoms with Crippen LogP contribution in [0.1, 0.15) is 35.7 Å². The first-order chi connectivity index (χ1) is 13.6. The molecule has 0 spiro atoms. The first kappa shape index (κ1) is 17.4. The topological polar surface area (TPSA) is 52.7 Å². The molecule has 0 unspecified atom stereocenters. The molecule has 1 atom stereocenters. The molecule has 6 rings (SSSR count). The van der Waals surface area contributed by atoms with E-state index < -0.39 is 0 Å². The van der Waals surface area contributed by atoms with Crippen molar-refractivity contribution in [3.8, 4) is 11.1 Å². The normalized spacial score (nSPS) is 25.7. The molecule has 0 aromatic heterocycles. The second kappa shape index (κ2) is 6.74. The highest BCUT2D eigenvalue weighted by molar-refractivity contribution is 6.00. The van der Waals surface area contributed by atoms with Gasteiger partial charge in [0.1, 0.15) is 0 Å². The van der Waals surface area contributed by atoms with Gasteiger partial charge in [0, 0.05) is 37.3 Å². The van der Waals surface area contributed by atoms with Crippen molar-refractivity contribution in [3.63, 3.8) is 0 Å². The van der Waals surface area contributed by atoms with Gasteiger partial charge in [0.25, 0.3) is 5.91 Å². The molecule has 4 aliphatic rings. The Morgan fingerprint density at radius 1 is 1.07 bits per heavy atom. The molecule has 2 aromatic rings. The Morgan fingerprint density at radius 3 is 2.57 bits per heavy atom. The molecule has 5 heteroatoms. The number of hydrogen-bond acceptors (Lipinski definition) is 3. The van der Waals surface area contributed by atoms with Crippen molar-refractivity contribution in [1.82, 2.24) is 9.80 Å². The number of fused-ring (bicyclic) bond motifs is 4. The molecule has 1 N–H and O–H groups in total. The fourth-order valence-corrected chi connectivity index (χ4v) is 5.04. The zero-order valence-electron chi connectivity index (χ0n) is 16.1. The van der Waals surface area contributed by atoms with Gasteiger partial charge in [0.05, 0.1) is 0 Å². The number of anilines is 1. The molecule has 4 heterocycles. The monoisotopic (exact) mass is 375 g/mol. The van der Waals surface area contributed by atoms with Crippen molar-refractivity contribution in [1.29, 1.82) is 0 Å². The van der Waals surface area contributed by atoms with Crippen molar-refractivity contribution in [2.75, 3.05) is 25.0 Å². The van der Waals surface area contributed by atoms with E-state index in [-0.39, 0.29) is 11.8 Å². The van der Waals surface area contributed by atoms with Gasteiger partial charge in [-0.15, -0.1) is 0 Å². The molecule has 0 saturated carbocycles. The number of carbonyl (C=O) groups excluding carboxylic acids is 2. The summed E-state index contributed by atoms with van der Waals surface area (Å²) in [6, 6.07) is 14.3. The maximum atomic E-state index is 13.2. The second-order valence-corrected chi connectivity index (χ2v) is 8.27. The lowest BCUT2D eigenvalue weighted by atomic mass is 9.83. The molecule has 5 nitrogen and oxygen atoms in total. The number of nitrogens with zero attached hydrogens (tertiary/aromatic N) is 2. The largest absolute Gasteiger partial charge is 0.330 e. The number of carbonyl (C=O) groups is 2. The van der Waals surface area contributed by atoms with Crippen LogP contribution in [0.4, 0.5) is 5.69 Å². The first-order valence-electron chi connectivity index (χ1n) is 10.1. The molecule has 4 aliphatic heterocycles. The highest BCUT2D eigenvalue weighted by Crippen LogP contribution is 2.36. The van der Waals surface area contributed by atoms with Gasteiger partial charge in [-0.1, -0.05) is 24.3 Å². The average Bonchev–Trinajstić information content (AvgIpc) is 3.04. The molecule has 2 amide bonds. The molecule has 2 aromatic carbocycles. The van der Waals surface area contributed by atoms with Crippen LogP contribution in [0.2, 0.25) is 0 Å². The summed E-state index contributed by atoms with van der Waals surface area (Å²) in [7, 11) is 0. The zero-order chi connectivity index (χ0) is 19.3. The van der Waals surface area contributed by atoms with Crippen molar-refractivity contribution in [2.24, 2.45) is 5.92 Å². The predicted molar refractivity (Wildman–Crippen MR) is 109 cm³/mol. The Kier molecular flexibility index (Phi) is 4.20. The van der Waals surface area contributed by atoms with Gasteiger partial charge in [0.15, 0.2) is 0 Å². The standard InChI is InChI=1S/C23H25N3O2/c1-15(27)24-20-4-2-3-17(11-20)18-5-6-19-13-26(23(28)21(19)12-18)22-14-25-9-7-16(22)8-10-25/h2-6,11-12,16,22H,7-10,13-14H2,1H3,(H,24,27)/t22-/m0/s1. The van der Waals surface area contributed by atoms with Crippen molar-refractivity contribution >= 4 is 17.5 Å². The minimum atomic E-state index is -0.0885. The van der Waals surface area contributed by atoms with Gasteiger partial charge >= 0.3 is 0 Å². The summed E-state index contributed by atoms with van der Waals surface area (Å²) >= 11 is 0. The lowest BCUT2D eigenvalue weighted by Crippen LogP contribution is -2.57. The molecular weight excluding hydrogens is 350 g/mol. The molecule has 28 heavy (non-hydrogen) atoms. The van der Waals surface area contributed by atoms with Gasteiger partial charge in [-0.25, -0.2) is 0 Å². The van der Waals surface area contributed by atoms with Gasteiger partial charge in [-0.2, -0.15) is 0 Å². The SMILES string of the molecule is CC(=O)Nc1cccc(-c2ccc3c(c2)C(=O)N([C@H]2CN4CCC2CC4)C3)c1. The first-order valence-corrected chi connectivity index (χ1v) is 10.1. The molecule has 0 radical (unpaired) electrons. The van der Waals surface area contributed by atoms with Crippen molar-refractivity contribution < 1.29 is 9.59 Å². The van der Waals surface area contributed by atoms with Crippen LogP contribution in [0, 0.1) is 5.92 Å². The van der Waals surface area contributed by atoms with Crippen LogP contribution in [0.25, 0.3) is 11.1 Å². The van der Waals surface area contributed by atoms with Gasteiger partial charge in [-0.3, -0.25) is 9.59 Å². The van der Waals surface area contributed by atoms with Crippen LogP contribution in [0.3, 0.4) is 0 Å². The van der Waals surface area contributed by atoms with Crippen LogP contribution in [-0.2, 0) is 11.3 Å². The van der Waals surface area contributed by atoms with E-state index in [0.29, 0.717) is 12.0 Å². The van der Waals surface area contributed by atoms with Crippen LogP contribution in [0.15, 0.2) is 42.5 Å². The summed E-state index contributed by atoms with van der Waals surface area (Å²) < 4.78 is 0. The number of hydrogen-bond donors (Lipinski definition) is 1.